The summed E-state index contributed by atoms with van der Waals surface area (Å²) in [6.07, 6.45) is 3.84. The van der Waals surface area contributed by atoms with Crippen LogP contribution >= 0.6 is 0 Å². The van der Waals surface area contributed by atoms with Gasteiger partial charge in [-0.05, 0) is 36.2 Å². The number of hydrogen-bond donors (Lipinski definition) is 1. The molecule has 0 spiro atoms. The predicted molar refractivity (Wildman–Crippen MR) is 114 cm³/mol. The molecule has 1 N–H and O–H groups in total. The van der Waals surface area contributed by atoms with E-state index in [0.29, 0.717) is 13.1 Å². The van der Waals surface area contributed by atoms with Gasteiger partial charge in [0.15, 0.2) is 0 Å². The molecule has 0 aliphatic heterocycles. The van der Waals surface area contributed by atoms with E-state index in [2.05, 4.69) is 37.3 Å². The monoisotopic (exact) mass is 376 g/mol. The summed E-state index contributed by atoms with van der Waals surface area (Å²) in [5, 5.41) is 7.48. The van der Waals surface area contributed by atoms with Crippen LogP contribution in [0.1, 0.15) is 31.9 Å². The first-order valence-corrected chi connectivity index (χ1v) is 9.50. The standard InChI is InChI=1S/C23H28N4O/c1-23(2,3)20-12-8-9-13-21(20)25-22(28)17-26(4)15-18-14-24-27(16-18)19-10-6-5-7-11-19/h5-14,16H,15,17H2,1-4H3,(H,25,28). The van der Waals surface area contributed by atoms with Crippen molar-refractivity contribution in [1.29, 1.82) is 0 Å². The van der Waals surface area contributed by atoms with Crippen LogP contribution in [-0.2, 0) is 16.8 Å². The van der Waals surface area contributed by atoms with Gasteiger partial charge in [0, 0.05) is 24.0 Å². The predicted octanol–water partition coefficient (Wildman–Crippen LogP) is 4.24. The van der Waals surface area contributed by atoms with Crippen molar-refractivity contribution < 1.29 is 4.79 Å². The first-order chi connectivity index (χ1) is 13.3. The Hall–Kier alpha value is -2.92. The van der Waals surface area contributed by atoms with Gasteiger partial charge in [-0.2, -0.15) is 5.10 Å². The lowest BCUT2D eigenvalue weighted by molar-refractivity contribution is -0.117. The van der Waals surface area contributed by atoms with Gasteiger partial charge < -0.3 is 5.32 Å². The zero-order chi connectivity index (χ0) is 20.1. The number of nitrogens with one attached hydrogen (secondary N) is 1. The quantitative estimate of drug-likeness (QED) is 0.700. The average Bonchev–Trinajstić information content (AvgIpc) is 3.10. The van der Waals surface area contributed by atoms with Crippen LogP contribution in [0.15, 0.2) is 67.0 Å². The molecule has 0 saturated carbocycles. The molecule has 0 radical (unpaired) electrons. The summed E-state index contributed by atoms with van der Waals surface area (Å²) >= 11 is 0. The van der Waals surface area contributed by atoms with Crippen molar-refractivity contribution >= 4 is 11.6 Å². The summed E-state index contributed by atoms with van der Waals surface area (Å²) in [5.41, 5.74) is 4.07. The molecule has 0 fully saturated rings. The van der Waals surface area contributed by atoms with E-state index in [4.69, 9.17) is 0 Å². The molecule has 1 aromatic heterocycles. The third-order valence-corrected chi connectivity index (χ3v) is 4.53. The Morgan fingerprint density at radius 1 is 1.07 bits per heavy atom. The molecule has 0 atom stereocenters. The van der Waals surface area contributed by atoms with Crippen LogP contribution in [0.25, 0.3) is 5.69 Å². The van der Waals surface area contributed by atoms with Gasteiger partial charge in [-0.25, -0.2) is 4.68 Å². The topological polar surface area (TPSA) is 50.2 Å². The summed E-state index contributed by atoms with van der Waals surface area (Å²) in [6, 6.07) is 18.0. The molecule has 1 amide bonds. The Morgan fingerprint density at radius 3 is 2.46 bits per heavy atom. The van der Waals surface area contributed by atoms with E-state index >= 15 is 0 Å². The van der Waals surface area contributed by atoms with E-state index in [9.17, 15) is 4.79 Å². The van der Waals surface area contributed by atoms with Crippen molar-refractivity contribution in [2.24, 2.45) is 0 Å². The zero-order valence-electron chi connectivity index (χ0n) is 17.0. The Bertz CT molecular complexity index is 925. The Kier molecular flexibility index (Phi) is 5.95. The van der Waals surface area contributed by atoms with Gasteiger partial charge in [0.1, 0.15) is 0 Å². The first kappa shape index (κ1) is 19.8. The fourth-order valence-corrected chi connectivity index (χ4v) is 3.21. The highest BCUT2D eigenvalue weighted by Gasteiger charge is 2.19. The summed E-state index contributed by atoms with van der Waals surface area (Å²) in [6.45, 7) is 7.41. The van der Waals surface area contributed by atoms with Crippen molar-refractivity contribution in [3.63, 3.8) is 0 Å². The minimum Gasteiger partial charge on any atom is -0.325 e. The van der Waals surface area contributed by atoms with Gasteiger partial charge in [0.25, 0.3) is 0 Å². The molecule has 28 heavy (non-hydrogen) atoms. The number of amides is 1. The van der Waals surface area contributed by atoms with Crippen molar-refractivity contribution in [2.75, 3.05) is 18.9 Å². The third kappa shape index (κ3) is 5.08. The molecular weight excluding hydrogens is 348 g/mol. The van der Waals surface area contributed by atoms with Crippen molar-refractivity contribution in [1.82, 2.24) is 14.7 Å². The number of hydrogen-bond acceptors (Lipinski definition) is 3. The van der Waals surface area contributed by atoms with E-state index in [0.717, 1.165) is 22.5 Å². The lowest BCUT2D eigenvalue weighted by Gasteiger charge is -2.23. The molecule has 0 saturated heterocycles. The number of aromatic nitrogens is 2. The van der Waals surface area contributed by atoms with Crippen LogP contribution in [-0.4, -0.2) is 34.2 Å². The van der Waals surface area contributed by atoms with E-state index < -0.39 is 0 Å². The fourth-order valence-electron chi connectivity index (χ4n) is 3.21. The lowest BCUT2D eigenvalue weighted by Crippen LogP contribution is -2.30. The van der Waals surface area contributed by atoms with Gasteiger partial charge in [-0.15, -0.1) is 0 Å². The number of benzene rings is 2. The van der Waals surface area contributed by atoms with Gasteiger partial charge in [-0.3, -0.25) is 9.69 Å². The molecule has 1 heterocycles. The van der Waals surface area contributed by atoms with Crippen LogP contribution in [0.2, 0.25) is 0 Å². The van der Waals surface area contributed by atoms with E-state index in [1.165, 1.54) is 0 Å². The fraction of sp³-hybridized carbons (Fsp3) is 0.304. The molecule has 3 rings (SSSR count). The molecule has 0 unspecified atom stereocenters. The van der Waals surface area contributed by atoms with Crippen LogP contribution in [0, 0.1) is 0 Å². The van der Waals surface area contributed by atoms with E-state index in [1.54, 1.807) is 0 Å². The van der Waals surface area contributed by atoms with Crippen LogP contribution in [0.4, 0.5) is 5.69 Å². The number of para-hydroxylation sites is 2. The van der Waals surface area contributed by atoms with Gasteiger partial charge in [0.05, 0.1) is 18.4 Å². The van der Waals surface area contributed by atoms with Gasteiger partial charge in [-0.1, -0.05) is 57.2 Å². The van der Waals surface area contributed by atoms with Crippen LogP contribution in [0.3, 0.4) is 0 Å². The van der Waals surface area contributed by atoms with Crippen molar-refractivity contribution in [3.8, 4) is 5.69 Å². The maximum Gasteiger partial charge on any atom is 0.238 e. The molecule has 0 aliphatic carbocycles. The SMILES string of the molecule is CN(CC(=O)Nc1ccccc1C(C)(C)C)Cc1cnn(-c2ccccc2)c1. The Balaban J connectivity index is 1.59. The van der Waals surface area contributed by atoms with Crippen LogP contribution in [0.5, 0.6) is 0 Å². The molecule has 2 aromatic carbocycles. The average molecular weight is 377 g/mol. The molecule has 146 valence electrons. The zero-order valence-corrected chi connectivity index (χ0v) is 17.0. The summed E-state index contributed by atoms with van der Waals surface area (Å²) in [4.78, 5) is 14.5. The number of likely N-dealkylation sites (N-methyl/N-ethyl adjacent to an activating group) is 1. The number of carbonyl (C=O) groups is 1. The van der Waals surface area contributed by atoms with E-state index in [1.807, 2.05) is 77.6 Å². The highest BCUT2D eigenvalue weighted by atomic mass is 16.2. The maximum atomic E-state index is 12.5. The minimum absolute atomic E-state index is 0.0188. The molecule has 3 aromatic rings. The van der Waals surface area contributed by atoms with E-state index in [-0.39, 0.29) is 11.3 Å². The molecule has 0 aliphatic rings. The normalized spacial score (nSPS) is 11.6. The van der Waals surface area contributed by atoms with Crippen molar-refractivity contribution in [2.45, 2.75) is 32.7 Å². The summed E-state index contributed by atoms with van der Waals surface area (Å²) in [7, 11) is 1.94. The largest absolute Gasteiger partial charge is 0.325 e. The number of anilines is 1. The molecule has 5 nitrogen and oxygen atoms in total. The van der Waals surface area contributed by atoms with Gasteiger partial charge in [0.2, 0.25) is 5.91 Å². The highest BCUT2D eigenvalue weighted by Crippen LogP contribution is 2.29. The van der Waals surface area contributed by atoms with Gasteiger partial charge >= 0.3 is 0 Å². The molecular formula is C23H28N4O. The number of carbonyl (C=O) groups excluding carboxylic acids is 1. The summed E-state index contributed by atoms with van der Waals surface area (Å²) in [5.74, 6) is -0.0188. The summed E-state index contributed by atoms with van der Waals surface area (Å²) < 4.78 is 1.85. The smallest absolute Gasteiger partial charge is 0.238 e. The second-order valence-electron chi connectivity index (χ2n) is 8.14. The molecule has 0 bridgehead atoms. The molecule has 5 heteroatoms. The Labute approximate surface area is 167 Å². The first-order valence-electron chi connectivity index (χ1n) is 9.50. The second-order valence-corrected chi connectivity index (χ2v) is 8.14. The minimum atomic E-state index is -0.0260. The Morgan fingerprint density at radius 2 is 1.75 bits per heavy atom. The number of nitrogens with zero attached hydrogens (tertiary/aromatic N) is 3. The second kappa shape index (κ2) is 8.40. The maximum absolute atomic E-state index is 12.5. The third-order valence-electron chi connectivity index (χ3n) is 4.53. The van der Waals surface area contributed by atoms with Crippen molar-refractivity contribution in [3.05, 3.63) is 78.1 Å². The number of rotatable bonds is 6. The highest BCUT2D eigenvalue weighted by molar-refractivity contribution is 5.93. The lowest BCUT2D eigenvalue weighted by atomic mass is 9.86. The van der Waals surface area contributed by atoms with Crippen LogP contribution < -0.4 is 5.32 Å².